The summed E-state index contributed by atoms with van der Waals surface area (Å²) in [7, 11) is 0. The normalized spacial score (nSPS) is 15.1. The fourth-order valence-corrected chi connectivity index (χ4v) is 12.7. The minimum atomic E-state index is -1.84. The second kappa shape index (κ2) is 43.2. The van der Waals surface area contributed by atoms with E-state index in [0.29, 0.717) is 53.1 Å². The Morgan fingerprint density at radius 2 is 1.06 bits per heavy atom. The summed E-state index contributed by atoms with van der Waals surface area (Å²) in [5, 5.41) is 54.1. The van der Waals surface area contributed by atoms with E-state index in [1.807, 2.05) is 70.2 Å². The maximum Gasteiger partial charge on any atom is 0.252 e. The molecule has 6 aromatic rings. The molecule has 1 aliphatic rings. The lowest BCUT2D eigenvalue weighted by Gasteiger charge is -2.31. The summed E-state index contributed by atoms with van der Waals surface area (Å²) in [6, 6.07) is 18.0. The van der Waals surface area contributed by atoms with Crippen LogP contribution in [0.4, 0.5) is 5.82 Å². The van der Waals surface area contributed by atoms with Crippen molar-refractivity contribution in [3.05, 3.63) is 167 Å². The third-order valence-corrected chi connectivity index (χ3v) is 18.7. The van der Waals surface area contributed by atoms with Crippen molar-refractivity contribution in [2.75, 3.05) is 32.0 Å². The number of aliphatic hydroxyl groups is 1. The van der Waals surface area contributed by atoms with Crippen LogP contribution in [0.5, 0.6) is 5.75 Å². The number of hydrogen-bond donors (Lipinski definition) is 15. The van der Waals surface area contributed by atoms with Crippen molar-refractivity contribution in [3.8, 4) is 5.75 Å². The lowest BCUT2D eigenvalue weighted by molar-refractivity contribution is -0.142. The van der Waals surface area contributed by atoms with E-state index in [9.17, 15) is 58.2 Å². The average Bonchev–Trinajstić information content (AvgIpc) is 1.29. The molecule has 10 atom stereocenters. The Kier molecular flexibility index (Phi) is 33.8. The highest BCUT2D eigenvalue weighted by Crippen LogP contribution is 2.23. The summed E-state index contributed by atoms with van der Waals surface area (Å²) in [5.74, 6) is -9.39. The second-order valence-corrected chi connectivity index (χ2v) is 28.7. The highest BCUT2D eigenvalue weighted by Gasteiger charge is 2.40. The number of phenols is 1. The molecule has 0 aliphatic carbocycles. The third kappa shape index (κ3) is 27.8. The summed E-state index contributed by atoms with van der Waals surface area (Å²) in [6.45, 7) is 10.1. The van der Waals surface area contributed by atoms with Crippen LogP contribution in [-0.4, -0.2) is 189 Å². The summed E-state index contributed by atoms with van der Waals surface area (Å²) >= 11 is 6.25. The SMILES string of the molecule is CC(=O)N[C@H](Cc1ccc2ccccc2c1)C(=O)N[C@H](Cc1ccc(Cl)cc1)C(=O)N[C@H](Cc1cccnc1)C(=O)N[C@@H](CO)C(=O)N[C@@H](Cc1ccc(O)cc1)C(=O)N[C@H](CCCCNC(=O)c1ccc(N)nc1)C(=O)N[C@@H](CC(C)C)C(=O)N[C@@H](CCCCNC(C)C)C(=O)N1CCC[C@H]1C(=O)N[C@H](C)C(N)=O. The molecule has 110 heavy (non-hydrogen) atoms. The molecule has 7 rings (SSSR count). The predicted molar refractivity (Wildman–Crippen MR) is 414 cm³/mol. The molecule has 2 aromatic heterocycles. The van der Waals surface area contributed by atoms with Gasteiger partial charge in [0.15, 0.2) is 0 Å². The van der Waals surface area contributed by atoms with Crippen LogP contribution >= 0.6 is 11.6 Å². The van der Waals surface area contributed by atoms with Crippen LogP contribution in [0.3, 0.4) is 0 Å². The van der Waals surface area contributed by atoms with E-state index in [2.05, 4.69) is 68.5 Å². The number of carbonyl (C=O) groups is 12. The number of nitrogen functional groups attached to an aromatic ring is 1. The van der Waals surface area contributed by atoms with Gasteiger partial charge in [0.05, 0.1) is 12.2 Å². The number of nitrogens with one attached hydrogen (secondary N) is 11. The molecule has 1 fully saturated rings. The van der Waals surface area contributed by atoms with Gasteiger partial charge in [-0.1, -0.05) is 112 Å². The zero-order valence-electron chi connectivity index (χ0n) is 62.8. The number of pyridine rings is 2. The number of aliphatic hydroxyl groups excluding tert-OH is 1. The third-order valence-electron chi connectivity index (χ3n) is 18.5. The standard InChI is InChI=1S/C79H103ClN16O14/c1-46(2)37-61(72(103)90-60(19-10-11-34-84-47(3)4)79(110)96-36-14-20-67(96)78(109)87-48(5)69(82)100)91-71(102)59(18-9-12-35-85-70(101)56-27-32-68(81)86-44-56)89-74(105)63(40-51-24-30-58(99)31-25-51)94-77(108)66(45-97)95-76(107)65(42-53-15-13-33-83-43-53)93-75(106)64(39-50-22-28-57(80)29-23-50)92-73(104)62(88-49(6)98)41-52-21-26-54-16-7-8-17-55(54)38-52/h7-8,13,15-17,21-33,38,43-44,46-48,59-67,84,97,99H,9-12,14,18-20,34-37,39-42,45H2,1-6H3,(H2,81,86)(H2,82,100)(H,85,101)(H,87,109)(H,88,98)(H,89,105)(H,90,103)(H,91,102)(H,92,104)(H,93,106)(H,94,108)(H,95,107)/t48-,59-,60+,61+,62-,63+,64-,65-,66+,67+/m1/s1. The highest BCUT2D eigenvalue weighted by atomic mass is 35.5. The molecule has 0 spiro atoms. The van der Waals surface area contributed by atoms with E-state index in [4.69, 9.17) is 23.1 Å². The minimum absolute atomic E-state index is 0.0258. The first-order chi connectivity index (χ1) is 52.5. The zero-order chi connectivity index (χ0) is 80.0. The van der Waals surface area contributed by atoms with Gasteiger partial charge in [0.1, 0.15) is 72.0 Å². The molecular formula is C79H103ClN16O14. The fourth-order valence-electron chi connectivity index (χ4n) is 12.6. The van der Waals surface area contributed by atoms with Crippen molar-refractivity contribution in [2.24, 2.45) is 11.7 Å². The van der Waals surface area contributed by atoms with E-state index >= 15 is 9.59 Å². The molecule has 4 aromatic carbocycles. The lowest BCUT2D eigenvalue weighted by atomic mass is 9.99. The number of hydrogen-bond acceptors (Lipinski definition) is 18. The summed E-state index contributed by atoms with van der Waals surface area (Å²) in [4.78, 5) is 179. The van der Waals surface area contributed by atoms with Crippen molar-refractivity contribution in [1.29, 1.82) is 0 Å². The van der Waals surface area contributed by atoms with Crippen LogP contribution in [0.15, 0.2) is 134 Å². The number of nitrogens with zero attached hydrogens (tertiary/aromatic N) is 3. The summed E-state index contributed by atoms with van der Waals surface area (Å²) < 4.78 is 0. The van der Waals surface area contributed by atoms with Crippen LogP contribution < -0.4 is 70.0 Å². The van der Waals surface area contributed by atoms with Crippen molar-refractivity contribution in [1.82, 2.24) is 73.4 Å². The summed E-state index contributed by atoms with van der Waals surface area (Å²) in [6.07, 6.45) is 5.79. The van der Waals surface area contributed by atoms with Gasteiger partial charge in [-0.3, -0.25) is 62.5 Å². The number of likely N-dealkylation sites (tertiary alicyclic amines) is 1. The zero-order valence-corrected chi connectivity index (χ0v) is 63.6. The number of fused-ring (bicyclic) bond motifs is 1. The maximum atomic E-state index is 15.1. The van der Waals surface area contributed by atoms with E-state index in [1.165, 1.54) is 73.7 Å². The molecule has 1 aliphatic heterocycles. The molecule has 3 heterocycles. The van der Waals surface area contributed by atoms with Gasteiger partial charge >= 0.3 is 0 Å². The number of unbranched alkanes of at least 4 members (excludes halogenated alkanes) is 2. The van der Waals surface area contributed by atoms with Crippen molar-refractivity contribution in [2.45, 2.75) is 191 Å². The Hall–Kier alpha value is -11.1. The number of phenolic OH excluding ortho intramolecular Hbond substituents is 1. The number of carbonyl (C=O) groups excluding carboxylic acids is 12. The number of amides is 12. The van der Waals surface area contributed by atoms with Gasteiger partial charge in [0.25, 0.3) is 5.91 Å². The first-order valence-electron chi connectivity index (χ1n) is 37.1. The first-order valence-corrected chi connectivity index (χ1v) is 37.4. The van der Waals surface area contributed by atoms with Gasteiger partial charge in [-0.2, -0.15) is 0 Å². The lowest BCUT2D eigenvalue weighted by Crippen LogP contribution is -2.61. The van der Waals surface area contributed by atoms with Crippen LogP contribution in [0.2, 0.25) is 5.02 Å². The predicted octanol–water partition coefficient (Wildman–Crippen LogP) is 2.53. The largest absolute Gasteiger partial charge is 0.508 e. The topological polar surface area (TPSA) is 459 Å². The number of nitrogens with two attached hydrogens (primary N) is 2. The number of rotatable bonds is 42. The number of halogens is 1. The molecular weight excluding hydrogens is 1430 g/mol. The number of aromatic hydroxyl groups is 1. The van der Waals surface area contributed by atoms with Crippen LogP contribution in [-0.2, 0) is 78.4 Å². The number of benzene rings is 4. The molecule has 0 saturated carbocycles. The van der Waals surface area contributed by atoms with E-state index in [0.717, 1.165) is 10.8 Å². The highest BCUT2D eigenvalue weighted by molar-refractivity contribution is 6.30. The second-order valence-electron chi connectivity index (χ2n) is 28.3. The Morgan fingerprint density at radius 1 is 0.545 bits per heavy atom. The molecule has 30 nitrogen and oxygen atoms in total. The monoisotopic (exact) mass is 1530 g/mol. The number of anilines is 1. The Labute approximate surface area is 644 Å². The molecule has 12 amide bonds. The summed E-state index contributed by atoms with van der Waals surface area (Å²) in [5.41, 5.74) is 13.5. The molecule has 0 radical (unpaired) electrons. The average molecular weight is 1540 g/mol. The van der Waals surface area contributed by atoms with Gasteiger partial charge in [0.2, 0.25) is 65.0 Å². The van der Waals surface area contributed by atoms with Crippen LogP contribution in [0.25, 0.3) is 10.8 Å². The first kappa shape index (κ1) is 86.1. The van der Waals surface area contributed by atoms with E-state index < -0.39 is 138 Å². The maximum absolute atomic E-state index is 15.1. The quantitative estimate of drug-likeness (QED) is 0.0245. The van der Waals surface area contributed by atoms with Gasteiger partial charge in [-0.15, -0.1) is 0 Å². The van der Waals surface area contributed by atoms with Gasteiger partial charge in [-0.25, -0.2) is 4.98 Å². The molecule has 0 unspecified atom stereocenters. The van der Waals surface area contributed by atoms with Crippen molar-refractivity contribution < 1.29 is 67.7 Å². The van der Waals surface area contributed by atoms with Crippen molar-refractivity contribution >= 4 is 99.1 Å². The Bertz CT molecular complexity index is 4120. The van der Waals surface area contributed by atoms with Crippen LogP contribution in [0.1, 0.15) is 132 Å². The number of primary amides is 1. The molecule has 590 valence electrons. The van der Waals surface area contributed by atoms with Gasteiger partial charge in [0, 0.05) is 75.4 Å². The number of aromatic nitrogens is 2. The van der Waals surface area contributed by atoms with Gasteiger partial charge in [-0.05, 0) is 153 Å². The van der Waals surface area contributed by atoms with E-state index in [1.54, 1.807) is 36.4 Å². The molecule has 31 heteroatoms. The smallest absolute Gasteiger partial charge is 0.252 e. The molecule has 17 N–H and O–H groups in total. The molecule has 0 bridgehead atoms. The Morgan fingerprint density at radius 3 is 1.64 bits per heavy atom. The van der Waals surface area contributed by atoms with Gasteiger partial charge < -0.3 is 85.1 Å². The van der Waals surface area contributed by atoms with Crippen LogP contribution in [0, 0.1) is 5.92 Å². The molecule has 1 saturated heterocycles. The minimum Gasteiger partial charge on any atom is -0.508 e. The van der Waals surface area contributed by atoms with Crippen molar-refractivity contribution in [3.63, 3.8) is 0 Å². The van der Waals surface area contributed by atoms with E-state index in [-0.39, 0.29) is 106 Å². The fraction of sp³-hybridized carbons (Fsp3) is 0.443. The Balaban J connectivity index is 1.15.